The molecule has 3 aromatic heterocycles. The molecule has 0 aliphatic carbocycles. The average molecular weight is 618 g/mol. The van der Waals surface area contributed by atoms with Crippen LogP contribution < -0.4 is 15.4 Å². The summed E-state index contributed by atoms with van der Waals surface area (Å²) in [7, 11) is 1.47. The number of carbonyl (C=O) groups is 2. The summed E-state index contributed by atoms with van der Waals surface area (Å²) in [5.74, 6) is -2.78. The molecule has 11 nitrogen and oxygen atoms in total. The smallest absolute Gasteiger partial charge is 0.284 e. The highest BCUT2D eigenvalue weighted by Gasteiger charge is 2.46. The maximum absolute atomic E-state index is 16.1. The van der Waals surface area contributed by atoms with Gasteiger partial charge in [0.1, 0.15) is 34.8 Å². The number of benzene rings is 1. The lowest BCUT2D eigenvalue weighted by atomic mass is 9.98. The number of phenolic OH excluding ortho intramolecular Hbond substituents is 1. The van der Waals surface area contributed by atoms with Crippen LogP contribution in [0.25, 0.3) is 28.1 Å². The molecule has 0 saturated carbocycles. The fraction of sp³-hybridized carbons (Fsp3) is 0.344. The van der Waals surface area contributed by atoms with Gasteiger partial charge in [-0.05, 0) is 58.9 Å². The van der Waals surface area contributed by atoms with E-state index < -0.39 is 51.7 Å². The van der Waals surface area contributed by atoms with E-state index in [0.29, 0.717) is 11.4 Å². The fourth-order valence-electron chi connectivity index (χ4n) is 6.34. The Bertz CT molecular complexity index is 1970. The minimum atomic E-state index is -0.944. The SMILES string of the molecule is C=CC(=O)N1C[C@@H]2C(=O)N(C)c3c(c4cc(F)c(-c5c(O)cccc5F)nc4n(-c4c(C)cnn4C(C)(C)C)c3=O)N2C[C@H]1C. The number of fused-ring (bicyclic) bond motifs is 5. The van der Waals surface area contributed by atoms with Crippen LogP contribution in [0.15, 0.2) is 47.9 Å². The van der Waals surface area contributed by atoms with Crippen LogP contribution >= 0.6 is 0 Å². The number of pyridine rings is 2. The lowest BCUT2D eigenvalue weighted by molar-refractivity contribution is -0.130. The third-order valence-electron chi connectivity index (χ3n) is 8.48. The van der Waals surface area contributed by atoms with Crippen molar-refractivity contribution < 1.29 is 23.5 Å². The zero-order valence-electron chi connectivity index (χ0n) is 25.8. The lowest BCUT2D eigenvalue weighted by Crippen LogP contribution is -2.66. The van der Waals surface area contributed by atoms with Crippen LogP contribution in [-0.4, -0.2) is 73.4 Å². The first-order valence-corrected chi connectivity index (χ1v) is 14.5. The molecule has 0 radical (unpaired) electrons. The van der Waals surface area contributed by atoms with Crippen LogP contribution in [0.3, 0.4) is 0 Å². The van der Waals surface area contributed by atoms with E-state index in [0.717, 1.165) is 12.1 Å². The summed E-state index contributed by atoms with van der Waals surface area (Å²) < 4.78 is 34.1. The third-order valence-corrected chi connectivity index (χ3v) is 8.48. The van der Waals surface area contributed by atoms with E-state index in [2.05, 4.69) is 16.7 Å². The lowest BCUT2D eigenvalue weighted by Gasteiger charge is -2.49. The summed E-state index contributed by atoms with van der Waals surface area (Å²) in [5, 5.41) is 15.2. The number of rotatable bonds is 3. The summed E-state index contributed by atoms with van der Waals surface area (Å²) in [5.41, 5.74) is -1.33. The van der Waals surface area contributed by atoms with Gasteiger partial charge in [-0.3, -0.25) is 14.4 Å². The molecule has 2 aliphatic rings. The Hall–Kier alpha value is -5.07. The number of aryl methyl sites for hydroxylation is 1. The number of hydrogen-bond acceptors (Lipinski definition) is 7. The van der Waals surface area contributed by atoms with Crippen molar-refractivity contribution in [2.75, 3.05) is 29.9 Å². The van der Waals surface area contributed by atoms with Gasteiger partial charge in [0, 0.05) is 30.6 Å². The Balaban J connectivity index is 1.75. The topological polar surface area (TPSA) is 117 Å². The molecule has 234 valence electrons. The van der Waals surface area contributed by atoms with Gasteiger partial charge in [-0.25, -0.2) is 23.0 Å². The summed E-state index contributed by atoms with van der Waals surface area (Å²) in [4.78, 5) is 50.3. The largest absolute Gasteiger partial charge is 0.507 e. The summed E-state index contributed by atoms with van der Waals surface area (Å²) >= 11 is 0. The number of phenols is 1. The molecule has 2 aliphatic heterocycles. The Morgan fingerprint density at radius 3 is 2.49 bits per heavy atom. The van der Waals surface area contributed by atoms with Crippen molar-refractivity contribution in [1.82, 2.24) is 24.2 Å². The van der Waals surface area contributed by atoms with E-state index in [1.54, 1.807) is 22.7 Å². The summed E-state index contributed by atoms with van der Waals surface area (Å²) in [6.07, 6.45) is 2.78. The van der Waals surface area contributed by atoms with Crippen molar-refractivity contribution in [3.8, 4) is 22.8 Å². The van der Waals surface area contributed by atoms with Gasteiger partial charge in [-0.15, -0.1) is 0 Å². The van der Waals surface area contributed by atoms with Gasteiger partial charge in [-0.2, -0.15) is 5.10 Å². The third kappa shape index (κ3) is 4.39. The minimum Gasteiger partial charge on any atom is -0.507 e. The van der Waals surface area contributed by atoms with Crippen molar-refractivity contribution in [2.24, 2.45) is 0 Å². The maximum Gasteiger partial charge on any atom is 0.284 e. The molecule has 0 bridgehead atoms. The highest BCUT2D eigenvalue weighted by molar-refractivity contribution is 6.12. The Labute approximate surface area is 257 Å². The van der Waals surface area contributed by atoms with Crippen LogP contribution in [0, 0.1) is 18.6 Å². The zero-order chi connectivity index (χ0) is 32.7. The number of aromatic nitrogens is 4. The molecule has 13 heteroatoms. The second-order valence-electron chi connectivity index (χ2n) is 12.5. The van der Waals surface area contributed by atoms with Gasteiger partial charge in [0.2, 0.25) is 5.91 Å². The van der Waals surface area contributed by atoms with Gasteiger partial charge >= 0.3 is 0 Å². The molecule has 1 aromatic carbocycles. The highest BCUT2D eigenvalue weighted by atomic mass is 19.1. The predicted octanol–water partition coefficient (Wildman–Crippen LogP) is 3.86. The van der Waals surface area contributed by atoms with Crippen LogP contribution in [0.2, 0.25) is 0 Å². The van der Waals surface area contributed by atoms with Crippen molar-refractivity contribution in [3.05, 3.63) is 70.7 Å². The van der Waals surface area contributed by atoms with E-state index in [4.69, 9.17) is 0 Å². The quantitative estimate of drug-likeness (QED) is 0.347. The monoisotopic (exact) mass is 617 g/mol. The predicted molar refractivity (Wildman–Crippen MR) is 166 cm³/mol. The van der Waals surface area contributed by atoms with E-state index >= 15 is 8.78 Å². The number of aromatic hydroxyl groups is 1. The molecular weight excluding hydrogens is 584 g/mol. The summed E-state index contributed by atoms with van der Waals surface area (Å²) in [6.45, 7) is 13.0. The van der Waals surface area contributed by atoms with Gasteiger partial charge in [0.05, 0.1) is 29.5 Å². The molecule has 6 rings (SSSR count). The van der Waals surface area contributed by atoms with E-state index in [-0.39, 0.29) is 47.4 Å². The van der Waals surface area contributed by atoms with Gasteiger partial charge < -0.3 is 19.8 Å². The molecule has 2 amide bonds. The maximum atomic E-state index is 16.1. The minimum absolute atomic E-state index is 0.00296. The molecule has 5 heterocycles. The first-order chi connectivity index (χ1) is 21.2. The van der Waals surface area contributed by atoms with Crippen molar-refractivity contribution in [2.45, 2.75) is 52.2 Å². The van der Waals surface area contributed by atoms with Gasteiger partial charge in [0.15, 0.2) is 11.5 Å². The number of anilines is 2. The number of nitrogens with zero attached hydrogens (tertiary/aromatic N) is 7. The van der Waals surface area contributed by atoms with Crippen LogP contribution in [0.5, 0.6) is 5.75 Å². The Morgan fingerprint density at radius 1 is 1.13 bits per heavy atom. The first kappa shape index (κ1) is 30.0. The first-order valence-electron chi connectivity index (χ1n) is 14.5. The van der Waals surface area contributed by atoms with E-state index in [1.807, 2.05) is 27.7 Å². The molecule has 1 saturated heterocycles. The standard InChI is InChI=1S/C32H33F2N7O4/c1-8-23(43)38-15-21-30(44)37(7)27-26(39(21)14-17(38)3)18-12-20(34)25(24-19(33)10-9-11-22(24)42)36-28(18)40(31(27)45)29-16(2)13-35-41(29)32(4,5)6/h8-13,17,21,42H,1,14-15H2,2-7H3/t17-,21-/m1/s1. The molecule has 1 N–H and O–H groups in total. The molecular formula is C32H33F2N7O4. The molecule has 2 atom stereocenters. The normalized spacial score (nSPS) is 18.3. The number of halogens is 2. The number of amides is 2. The zero-order valence-corrected chi connectivity index (χ0v) is 25.8. The Morgan fingerprint density at radius 2 is 1.84 bits per heavy atom. The van der Waals surface area contributed by atoms with Gasteiger partial charge in [-0.1, -0.05) is 12.6 Å². The fourth-order valence-corrected chi connectivity index (χ4v) is 6.34. The average Bonchev–Trinajstić information content (AvgIpc) is 3.36. The molecule has 1 fully saturated rings. The van der Waals surface area contributed by atoms with Crippen LogP contribution in [0.1, 0.15) is 33.3 Å². The van der Waals surface area contributed by atoms with E-state index in [1.165, 1.54) is 39.6 Å². The number of hydrogen-bond donors (Lipinski definition) is 1. The molecule has 45 heavy (non-hydrogen) atoms. The molecule has 0 unspecified atom stereocenters. The van der Waals surface area contributed by atoms with Crippen molar-refractivity contribution in [3.63, 3.8) is 0 Å². The summed E-state index contributed by atoms with van der Waals surface area (Å²) in [6, 6.07) is 3.48. The second kappa shape index (κ2) is 10.2. The van der Waals surface area contributed by atoms with Crippen LogP contribution in [-0.2, 0) is 15.1 Å². The molecule has 0 spiro atoms. The van der Waals surface area contributed by atoms with Crippen molar-refractivity contribution in [1.29, 1.82) is 0 Å². The Kier molecular flexibility index (Phi) is 6.83. The van der Waals surface area contributed by atoms with E-state index in [9.17, 15) is 19.5 Å². The second-order valence-corrected chi connectivity index (χ2v) is 12.5. The number of likely N-dealkylation sites (N-methyl/N-ethyl adjacent to an activating group) is 1. The number of carbonyl (C=O) groups excluding carboxylic acids is 2. The van der Waals surface area contributed by atoms with Crippen LogP contribution in [0.4, 0.5) is 20.2 Å². The van der Waals surface area contributed by atoms with Crippen molar-refractivity contribution >= 4 is 34.2 Å². The molecule has 4 aromatic rings. The number of piperazine rings is 1. The van der Waals surface area contributed by atoms with Gasteiger partial charge in [0.25, 0.3) is 11.5 Å². The highest BCUT2D eigenvalue weighted by Crippen LogP contribution is 2.43.